The van der Waals surface area contributed by atoms with E-state index in [2.05, 4.69) is 16.4 Å². The lowest BCUT2D eigenvalue weighted by Crippen LogP contribution is -2.24. The summed E-state index contributed by atoms with van der Waals surface area (Å²) in [5.41, 5.74) is 4.34. The molecule has 0 radical (unpaired) electrons. The zero-order chi connectivity index (χ0) is 23.2. The first-order valence-corrected chi connectivity index (χ1v) is 11.4. The molecule has 5 aromatic rings. The van der Waals surface area contributed by atoms with Crippen LogP contribution in [0.3, 0.4) is 0 Å². The Morgan fingerprint density at radius 1 is 0.912 bits per heavy atom. The first-order valence-electron chi connectivity index (χ1n) is 11.4. The highest BCUT2D eigenvalue weighted by Gasteiger charge is 2.21. The van der Waals surface area contributed by atoms with Gasteiger partial charge in [-0.3, -0.25) is 4.79 Å². The SMILES string of the molecule is O=C(C[C@H](c1ccc(OCc2ccccc2)cc1)c1c[nH]c2ccccc12)NCc1ccco1. The van der Waals surface area contributed by atoms with Crippen LogP contribution >= 0.6 is 0 Å². The number of carbonyl (C=O) groups excluding carboxylic acids is 1. The number of aromatic nitrogens is 1. The third-order valence-electron chi connectivity index (χ3n) is 5.96. The Hall–Kier alpha value is -4.25. The van der Waals surface area contributed by atoms with Crippen LogP contribution in [0.5, 0.6) is 5.75 Å². The van der Waals surface area contributed by atoms with Crippen LogP contribution in [0.2, 0.25) is 0 Å². The minimum absolute atomic E-state index is 0.0314. The van der Waals surface area contributed by atoms with Crippen molar-refractivity contribution in [3.8, 4) is 5.75 Å². The molecule has 0 bridgehead atoms. The molecular formula is C29H26N2O3. The van der Waals surface area contributed by atoms with E-state index in [4.69, 9.17) is 9.15 Å². The van der Waals surface area contributed by atoms with Gasteiger partial charge in [0, 0.05) is 29.4 Å². The second-order valence-corrected chi connectivity index (χ2v) is 8.25. The van der Waals surface area contributed by atoms with Gasteiger partial charge in [0.15, 0.2) is 0 Å². The number of ether oxygens (including phenoxy) is 1. The zero-order valence-corrected chi connectivity index (χ0v) is 18.7. The largest absolute Gasteiger partial charge is 0.489 e. The number of rotatable bonds is 9. The van der Waals surface area contributed by atoms with Crippen LogP contribution in [-0.2, 0) is 17.9 Å². The lowest BCUT2D eigenvalue weighted by Gasteiger charge is -2.18. The fraction of sp³-hybridized carbons (Fsp3) is 0.138. The molecule has 3 aromatic carbocycles. The van der Waals surface area contributed by atoms with Crippen molar-refractivity contribution in [1.82, 2.24) is 10.3 Å². The van der Waals surface area contributed by atoms with Crippen molar-refractivity contribution in [2.24, 2.45) is 0 Å². The Bertz CT molecular complexity index is 1340. The van der Waals surface area contributed by atoms with Gasteiger partial charge >= 0.3 is 0 Å². The average molecular weight is 451 g/mol. The van der Waals surface area contributed by atoms with E-state index in [0.717, 1.165) is 39.1 Å². The van der Waals surface area contributed by atoms with Gasteiger partial charge in [-0.2, -0.15) is 0 Å². The molecule has 0 saturated carbocycles. The number of hydrogen-bond acceptors (Lipinski definition) is 3. The molecule has 2 heterocycles. The molecule has 2 N–H and O–H groups in total. The maximum Gasteiger partial charge on any atom is 0.221 e. The van der Waals surface area contributed by atoms with Crippen LogP contribution in [0.15, 0.2) is 108 Å². The summed E-state index contributed by atoms with van der Waals surface area (Å²) in [5, 5.41) is 4.10. The Morgan fingerprint density at radius 3 is 2.50 bits per heavy atom. The van der Waals surface area contributed by atoms with Gasteiger partial charge in [-0.25, -0.2) is 0 Å². The van der Waals surface area contributed by atoms with Crippen molar-refractivity contribution >= 4 is 16.8 Å². The number of carbonyl (C=O) groups is 1. The molecule has 5 heteroatoms. The lowest BCUT2D eigenvalue weighted by atomic mass is 9.88. The zero-order valence-electron chi connectivity index (χ0n) is 18.7. The van der Waals surface area contributed by atoms with Crippen molar-refractivity contribution in [1.29, 1.82) is 0 Å². The van der Waals surface area contributed by atoms with E-state index in [9.17, 15) is 4.79 Å². The molecule has 0 aliphatic carbocycles. The summed E-state index contributed by atoms with van der Waals surface area (Å²) in [5.74, 6) is 1.40. The van der Waals surface area contributed by atoms with Crippen molar-refractivity contribution in [2.75, 3.05) is 0 Å². The highest BCUT2D eigenvalue weighted by molar-refractivity contribution is 5.86. The molecule has 2 aromatic heterocycles. The normalized spacial score (nSPS) is 11.9. The van der Waals surface area contributed by atoms with Crippen molar-refractivity contribution in [2.45, 2.75) is 25.5 Å². The van der Waals surface area contributed by atoms with Gasteiger partial charge in [-0.15, -0.1) is 0 Å². The molecule has 1 atom stereocenters. The van der Waals surface area contributed by atoms with Gasteiger partial charge in [0.25, 0.3) is 0 Å². The molecule has 0 aliphatic rings. The van der Waals surface area contributed by atoms with Gasteiger partial charge in [0.2, 0.25) is 5.91 Å². The van der Waals surface area contributed by atoms with Gasteiger partial charge in [-0.1, -0.05) is 60.7 Å². The van der Waals surface area contributed by atoms with E-state index in [1.165, 1.54) is 0 Å². The van der Waals surface area contributed by atoms with Crippen LogP contribution in [0.1, 0.15) is 34.8 Å². The number of para-hydroxylation sites is 1. The van der Waals surface area contributed by atoms with Crippen LogP contribution in [0.4, 0.5) is 0 Å². The van der Waals surface area contributed by atoms with Gasteiger partial charge in [-0.05, 0) is 47.0 Å². The summed E-state index contributed by atoms with van der Waals surface area (Å²) in [6.45, 7) is 0.889. The fourth-order valence-electron chi connectivity index (χ4n) is 4.18. The Kier molecular flexibility index (Phi) is 6.43. The Morgan fingerprint density at radius 2 is 1.71 bits per heavy atom. The second-order valence-electron chi connectivity index (χ2n) is 8.25. The number of furan rings is 1. The number of benzene rings is 3. The smallest absolute Gasteiger partial charge is 0.221 e. The van der Waals surface area contributed by atoms with E-state index >= 15 is 0 Å². The molecule has 0 fully saturated rings. The molecule has 5 nitrogen and oxygen atoms in total. The van der Waals surface area contributed by atoms with E-state index in [0.29, 0.717) is 19.6 Å². The van der Waals surface area contributed by atoms with E-state index in [1.807, 2.05) is 91.1 Å². The molecule has 0 unspecified atom stereocenters. The standard InChI is InChI=1S/C29H26N2O3/c32-29(31-18-24-9-6-16-33-24)17-26(27-19-30-28-11-5-4-10-25(27)28)22-12-14-23(15-13-22)34-20-21-7-2-1-3-8-21/h1-16,19,26,30H,17-18,20H2,(H,31,32)/t26-/m1/s1. The number of amides is 1. The van der Waals surface area contributed by atoms with Crippen LogP contribution < -0.4 is 10.1 Å². The summed E-state index contributed by atoms with van der Waals surface area (Å²) in [7, 11) is 0. The minimum atomic E-state index is -0.101. The predicted molar refractivity (Wildman–Crippen MR) is 133 cm³/mol. The van der Waals surface area contributed by atoms with E-state index < -0.39 is 0 Å². The van der Waals surface area contributed by atoms with Gasteiger partial charge in [0.05, 0.1) is 12.8 Å². The van der Waals surface area contributed by atoms with Gasteiger partial charge in [0.1, 0.15) is 18.1 Å². The summed E-state index contributed by atoms with van der Waals surface area (Å²) in [6, 6.07) is 30.0. The summed E-state index contributed by atoms with van der Waals surface area (Å²) in [6.07, 6.45) is 3.94. The molecule has 5 rings (SSSR count). The fourth-order valence-corrected chi connectivity index (χ4v) is 4.18. The average Bonchev–Trinajstić information content (AvgIpc) is 3.56. The van der Waals surface area contributed by atoms with Crippen LogP contribution in [-0.4, -0.2) is 10.9 Å². The van der Waals surface area contributed by atoms with E-state index in [1.54, 1.807) is 6.26 Å². The number of fused-ring (bicyclic) bond motifs is 1. The summed E-state index contributed by atoms with van der Waals surface area (Å²) >= 11 is 0. The van der Waals surface area contributed by atoms with Crippen LogP contribution in [0, 0.1) is 0 Å². The monoisotopic (exact) mass is 450 g/mol. The second kappa shape index (κ2) is 10.1. The Balaban J connectivity index is 1.35. The molecule has 170 valence electrons. The summed E-state index contributed by atoms with van der Waals surface area (Å²) < 4.78 is 11.3. The highest BCUT2D eigenvalue weighted by atomic mass is 16.5. The van der Waals surface area contributed by atoms with Gasteiger partial charge < -0.3 is 19.5 Å². The number of hydrogen-bond donors (Lipinski definition) is 2. The minimum Gasteiger partial charge on any atom is -0.489 e. The number of aromatic amines is 1. The molecular weight excluding hydrogens is 424 g/mol. The van der Waals surface area contributed by atoms with Crippen molar-refractivity contribution in [3.05, 3.63) is 126 Å². The summed E-state index contributed by atoms with van der Waals surface area (Å²) in [4.78, 5) is 16.2. The lowest BCUT2D eigenvalue weighted by molar-refractivity contribution is -0.121. The topological polar surface area (TPSA) is 67.3 Å². The molecule has 0 spiro atoms. The third-order valence-corrected chi connectivity index (χ3v) is 5.96. The third kappa shape index (κ3) is 5.04. The molecule has 0 saturated heterocycles. The van der Waals surface area contributed by atoms with Crippen molar-refractivity contribution < 1.29 is 13.9 Å². The number of nitrogens with one attached hydrogen (secondary N) is 2. The highest BCUT2D eigenvalue weighted by Crippen LogP contribution is 2.34. The van der Waals surface area contributed by atoms with E-state index in [-0.39, 0.29) is 11.8 Å². The first kappa shape index (κ1) is 21.6. The quantitative estimate of drug-likeness (QED) is 0.282. The maximum atomic E-state index is 12.9. The number of H-pyrrole nitrogens is 1. The maximum absolute atomic E-state index is 12.9. The molecule has 1 amide bonds. The Labute approximate surface area is 198 Å². The predicted octanol–water partition coefficient (Wildman–Crippen LogP) is 6.18. The molecule has 34 heavy (non-hydrogen) atoms. The first-order chi connectivity index (χ1) is 16.8. The molecule has 0 aliphatic heterocycles. The van der Waals surface area contributed by atoms with Crippen molar-refractivity contribution in [3.63, 3.8) is 0 Å². The van der Waals surface area contributed by atoms with Crippen LogP contribution in [0.25, 0.3) is 10.9 Å².